The summed E-state index contributed by atoms with van der Waals surface area (Å²) >= 11 is 0. The normalized spacial score (nSPS) is 8.89. The zero-order chi connectivity index (χ0) is 14.9. The van der Waals surface area contributed by atoms with Crippen LogP contribution in [0, 0.1) is 5.41 Å². The summed E-state index contributed by atoms with van der Waals surface area (Å²) in [7, 11) is 0. The van der Waals surface area contributed by atoms with Gasteiger partial charge in [-0.05, 0) is 31.2 Å². The molecule has 0 bridgehead atoms. The minimum Gasteiger partial charge on any atom is -0.481 e. The number of carboxylic acid groups (broad SMARTS) is 2. The molecule has 0 aromatic carbocycles. The second kappa shape index (κ2) is 16.4. The number of carbonyl (C=O) groups is 2. The molecule has 0 rings (SSSR count). The summed E-state index contributed by atoms with van der Waals surface area (Å²) in [5, 5.41) is 23.0. The number of hydrogen-bond acceptors (Lipinski definition) is 3. The molecule has 0 aliphatic heterocycles. The van der Waals surface area contributed by atoms with Crippen LogP contribution in [0.3, 0.4) is 0 Å². The SMILES string of the molecule is CCC=C=N.O=C(O)CCCCCCCCC(=O)O. The fourth-order valence-electron chi connectivity index (χ4n) is 1.36. The molecule has 0 aromatic rings. The maximum absolute atomic E-state index is 10.1. The number of rotatable bonds is 10. The van der Waals surface area contributed by atoms with E-state index in [9.17, 15) is 9.59 Å². The highest BCUT2D eigenvalue weighted by atomic mass is 16.4. The Morgan fingerprint density at radius 3 is 1.53 bits per heavy atom. The van der Waals surface area contributed by atoms with Crippen LogP contribution in [0.4, 0.5) is 0 Å². The standard InChI is InChI=1S/C10H18O4.C4H7N/c11-9(12)7-5-3-1-2-4-6-8-10(13)14;1-2-3-4-5/h1-8H2,(H,11,12)(H,13,14);3,5H,2H2,1H3. The van der Waals surface area contributed by atoms with Gasteiger partial charge in [-0.3, -0.25) is 15.0 Å². The molecule has 0 spiro atoms. The molecule has 0 amide bonds. The third-order valence-corrected chi connectivity index (χ3v) is 2.34. The molecule has 0 saturated carbocycles. The molecule has 0 unspecified atom stereocenters. The van der Waals surface area contributed by atoms with Crippen LogP contribution in [0.2, 0.25) is 0 Å². The minimum atomic E-state index is -0.740. The predicted octanol–water partition coefficient (Wildman–Crippen LogP) is 3.48. The summed E-state index contributed by atoms with van der Waals surface area (Å²) in [6.45, 7) is 1.97. The molecule has 110 valence electrons. The molecule has 0 heterocycles. The van der Waals surface area contributed by atoms with E-state index in [0.29, 0.717) is 0 Å². The van der Waals surface area contributed by atoms with Crippen LogP contribution in [0.5, 0.6) is 0 Å². The van der Waals surface area contributed by atoms with E-state index in [-0.39, 0.29) is 12.8 Å². The lowest BCUT2D eigenvalue weighted by Crippen LogP contribution is -1.94. The van der Waals surface area contributed by atoms with Crippen LogP contribution < -0.4 is 0 Å². The van der Waals surface area contributed by atoms with E-state index in [1.807, 2.05) is 6.92 Å². The van der Waals surface area contributed by atoms with Crippen molar-refractivity contribution in [3.8, 4) is 0 Å². The van der Waals surface area contributed by atoms with Gasteiger partial charge in [-0.2, -0.15) is 0 Å². The van der Waals surface area contributed by atoms with Crippen molar-refractivity contribution in [1.29, 1.82) is 5.41 Å². The van der Waals surface area contributed by atoms with Crippen LogP contribution >= 0.6 is 0 Å². The Hall–Kier alpha value is -1.61. The van der Waals surface area contributed by atoms with Gasteiger partial charge < -0.3 is 10.2 Å². The molecule has 0 aromatic heterocycles. The van der Waals surface area contributed by atoms with Gasteiger partial charge in [0.1, 0.15) is 0 Å². The number of allylic oxidation sites excluding steroid dienone is 1. The first-order valence-electron chi connectivity index (χ1n) is 6.72. The Labute approximate surface area is 114 Å². The third-order valence-electron chi connectivity index (χ3n) is 2.34. The largest absolute Gasteiger partial charge is 0.481 e. The van der Waals surface area contributed by atoms with E-state index in [1.54, 1.807) is 6.08 Å². The maximum atomic E-state index is 10.1. The summed E-state index contributed by atoms with van der Waals surface area (Å²) in [5.74, 6) is 0.663. The lowest BCUT2D eigenvalue weighted by atomic mass is 10.1. The van der Waals surface area contributed by atoms with Crippen molar-refractivity contribution in [2.75, 3.05) is 0 Å². The Balaban J connectivity index is 0. The van der Waals surface area contributed by atoms with Crippen molar-refractivity contribution in [2.45, 2.75) is 64.7 Å². The Morgan fingerprint density at radius 2 is 1.32 bits per heavy atom. The van der Waals surface area contributed by atoms with Gasteiger partial charge in [0.15, 0.2) is 0 Å². The predicted molar refractivity (Wildman–Crippen MR) is 74.8 cm³/mol. The monoisotopic (exact) mass is 271 g/mol. The van der Waals surface area contributed by atoms with E-state index >= 15 is 0 Å². The van der Waals surface area contributed by atoms with Gasteiger partial charge in [0, 0.05) is 12.8 Å². The molecule has 5 heteroatoms. The third kappa shape index (κ3) is 26.2. The van der Waals surface area contributed by atoms with E-state index in [4.69, 9.17) is 15.6 Å². The lowest BCUT2D eigenvalue weighted by Gasteiger charge is -1.98. The van der Waals surface area contributed by atoms with Crippen LogP contribution in [0.1, 0.15) is 64.7 Å². The summed E-state index contributed by atoms with van der Waals surface area (Å²) in [6, 6.07) is 0. The summed E-state index contributed by atoms with van der Waals surface area (Å²) in [6.07, 6.45) is 8.41. The number of hydrogen-bond donors (Lipinski definition) is 3. The minimum absolute atomic E-state index is 0.245. The van der Waals surface area contributed by atoms with Crippen LogP contribution in [0.25, 0.3) is 0 Å². The van der Waals surface area contributed by atoms with Crippen LogP contribution in [-0.2, 0) is 9.59 Å². The lowest BCUT2D eigenvalue weighted by molar-refractivity contribution is -0.138. The summed E-state index contributed by atoms with van der Waals surface area (Å²) in [5.41, 5.74) is 0. The van der Waals surface area contributed by atoms with Gasteiger partial charge in [-0.15, -0.1) is 0 Å². The molecule has 0 atom stereocenters. The van der Waals surface area contributed by atoms with Crippen LogP contribution in [-0.4, -0.2) is 28.0 Å². The van der Waals surface area contributed by atoms with Gasteiger partial charge in [-0.1, -0.05) is 32.6 Å². The van der Waals surface area contributed by atoms with Gasteiger partial charge in [0.05, 0.1) is 0 Å². The molecular weight excluding hydrogens is 246 g/mol. The van der Waals surface area contributed by atoms with Gasteiger partial charge in [-0.25, -0.2) is 0 Å². The Bertz CT molecular complexity index is 263. The van der Waals surface area contributed by atoms with Gasteiger partial charge in [0.25, 0.3) is 0 Å². The van der Waals surface area contributed by atoms with Gasteiger partial charge >= 0.3 is 11.9 Å². The number of unbranched alkanes of at least 4 members (excludes halogenated alkanes) is 5. The van der Waals surface area contributed by atoms with E-state index in [2.05, 4.69) is 5.87 Å². The first-order valence-corrected chi connectivity index (χ1v) is 6.72. The van der Waals surface area contributed by atoms with Crippen molar-refractivity contribution in [1.82, 2.24) is 0 Å². The number of aliphatic carboxylic acids is 2. The number of nitrogens with one attached hydrogen (secondary N) is 1. The molecule has 0 fully saturated rings. The molecule has 0 aliphatic carbocycles. The molecular formula is C14H25NO4. The highest BCUT2D eigenvalue weighted by Gasteiger charge is 1.98. The molecule has 0 radical (unpaired) electrons. The summed E-state index contributed by atoms with van der Waals surface area (Å²) < 4.78 is 0. The average Bonchev–Trinajstić information content (AvgIpc) is 2.33. The van der Waals surface area contributed by atoms with Crippen molar-refractivity contribution >= 4 is 17.8 Å². The molecule has 19 heavy (non-hydrogen) atoms. The van der Waals surface area contributed by atoms with Crippen molar-refractivity contribution in [3.63, 3.8) is 0 Å². The van der Waals surface area contributed by atoms with E-state index in [1.165, 1.54) is 0 Å². The second-order valence-corrected chi connectivity index (χ2v) is 4.17. The van der Waals surface area contributed by atoms with E-state index in [0.717, 1.165) is 44.9 Å². The fourth-order valence-corrected chi connectivity index (χ4v) is 1.36. The summed E-state index contributed by atoms with van der Waals surface area (Å²) in [4.78, 5) is 20.3. The van der Waals surface area contributed by atoms with Crippen molar-refractivity contribution in [2.24, 2.45) is 0 Å². The maximum Gasteiger partial charge on any atom is 0.303 e. The van der Waals surface area contributed by atoms with Crippen molar-refractivity contribution in [3.05, 3.63) is 6.08 Å². The topological polar surface area (TPSA) is 98.5 Å². The zero-order valence-electron chi connectivity index (χ0n) is 11.7. The quantitative estimate of drug-likeness (QED) is 0.418. The second-order valence-electron chi connectivity index (χ2n) is 4.17. The average molecular weight is 271 g/mol. The first kappa shape index (κ1) is 19.7. The molecule has 3 N–H and O–H groups in total. The highest BCUT2D eigenvalue weighted by Crippen LogP contribution is 2.08. The fraction of sp³-hybridized carbons (Fsp3) is 0.714. The highest BCUT2D eigenvalue weighted by molar-refractivity contribution is 5.66. The first-order chi connectivity index (χ1) is 9.04. The molecule has 0 saturated heterocycles. The smallest absolute Gasteiger partial charge is 0.303 e. The Morgan fingerprint density at radius 1 is 0.947 bits per heavy atom. The van der Waals surface area contributed by atoms with Crippen molar-refractivity contribution < 1.29 is 19.8 Å². The Kier molecular flexibility index (Phi) is 17.0. The molecule has 0 aliphatic rings. The van der Waals surface area contributed by atoms with Gasteiger partial charge in [0.2, 0.25) is 0 Å². The van der Waals surface area contributed by atoms with Crippen LogP contribution in [0.15, 0.2) is 6.08 Å². The van der Waals surface area contributed by atoms with E-state index < -0.39 is 11.9 Å². The number of carboxylic acids is 2. The molecule has 5 nitrogen and oxygen atoms in total. The zero-order valence-corrected chi connectivity index (χ0v) is 11.7.